The molecule has 0 aromatic heterocycles. The van der Waals surface area contributed by atoms with Crippen molar-refractivity contribution < 1.29 is 23.5 Å². The van der Waals surface area contributed by atoms with Crippen LogP contribution >= 0.6 is 0 Å². The Hall–Kier alpha value is -2.69. The second kappa shape index (κ2) is 7.04. The van der Waals surface area contributed by atoms with Crippen molar-refractivity contribution in [3.63, 3.8) is 0 Å². The Bertz CT molecular complexity index is 911. The summed E-state index contributed by atoms with van der Waals surface area (Å²) >= 11 is 0. The second-order valence-electron chi connectivity index (χ2n) is 8.13. The van der Waals surface area contributed by atoms with Crippen LogP contribution in [0.15, 0.2) is 42.5 Å². The highest BCUT2D eigenvalue weighted by molar-refractivity contribution is 6.18. The van der Waals surface area contributed by atoms with Crippen LogP contribution < -0.4 is 4.74 Å². The van der Waals surface area contributed by atoms with E-state index in [2.05, 4.69) is 0 Å². The second-order valence-corrected chi connectivity index (χ2v) is 8.13. The molecule has 0 radical (unpaired) electrons. The van der Waals surface area contributed by atoms with Gasteiger partial charge in [0.1, 0.15) is 5.75 Å². The van der Waals surface area contributed by atoms with Crippen molar-refractivity contribution in [2.75, 3.05) is 6.61 Å². The molecule has 1 heterocycles. The molecule has 0 bridgehead atoms. The van der Waals surface area contributed by atoms with Crippen LogP contribution in [-0.2, 0) is 14.9 Å². The number of hydrogen-bond donors (Lipinski definition) is 0. The Morgan fingerprint density at radius 2 is 1.82 bits per heavy atom. The van der Waals surface area contributed by atoms with E-state index < -0.39 is 23.5 Å². The molecule has 1 aliphatic rings. The quantitative estimate of drug-likeness (QED) is 0.559. The van der Waals surface area contributed by atoms with Gasteiger partial charge in [-0.1, -0.05) is 56.7 Å². The summed E-state index contributed by atoms with van der Waals surface area (Å²) in [6, 6.07) is 11.9. The number of halogens is 1. The number of carbonyl (C=O) groups excluding carboxylic acids is 2. The maximum atomic E-state index is 16.1. The smallest absolute Gasteiger partial charge is 0.356 e. The molecule has 0 amide bonds. The minimum absolute atomic E-state index is 0.0335. The molecule has 1 aliphatic heterocycles. The van der Waals surface area contributed by atoms with E-state index in [1.165, 1.54) is 6.07 Å². The van der Waals surface area contributed by atoms with E-state index in [4.69, 9.17) is 9.47 Å². The molecule has 28 heavy (non-hydrogen) atoms. The van der Waals surface area contributed by atoms with E-state index in [9.17, 15) is 9.59 Å². The number of alkyl halides is 1. The van der Waals surface area contributed by atoms with E-state index in [-0.39, 0.29) is 23.3 Å². The number of hydrogen-bond acceptors (Lipinski definition) is 4. The summed E-state index contributed by atoms with van der Waals surface area (Å²) in [5, 5.41) is 0. The lowest BCUT2D eigenvalue weighted by atomic mass is 9.80. The minimum Gasteiger partial charge on any atom is -0.480 e. The summed E-state index contributed by atoms with van der Waals surface area (Å²) < 4.78 is 26.9. The zero-order chi connectivity index (χ0) is 20.7. The summed E-state index contributed by atoms with van der Waals surface area (Å²) in [5.41, 5.74) is -0.743. The molecule has 3 rings (SSSR count). The molecule has 2 atom stereocenters. The van der Waals surface area contributed by atoms with Crippen molar-refractivity contribution in [2.24, 2.45) is 0 Å². The van der Waals surface area contributed by atoms with Crippen molar-refractivity contribution in [1.29, 1.82) is 0 Å². The van der Waals surface area contributed by atoms with Gasteiger partial charge in [-0.3, -0.25) is 4.79 Å². The van der Waals surface area contributed by atoms with E-state index in [0.717, 1.165) is 11.1 Å². The fraction of sp³-hybridized carbons (Fsp3) is 0.391. The monoisotopic (exact) mass is 384 g/mol. The number of Topliss-reactive ketones (excluding diaryl/α,β-unsaturated/α-hetero) is 1. The highest BCUT2D eigenvalue weighted by Crippen LogP contribution is 2.45. The molecular formula is C23H25FO4. The largest absolute Gasteiger partial charge is 0.480 e. The number of benzene rings is 2. The molecule has 0 unspecified atom stereocenters. The molecule has 0 fully saturated rings. The number of aryl methyl sites for hydroxylation is 1. The van der Waals surface area contributed by atoms with Gasteiger partial charge in [0.15, 0.2) is 6.10 Å². The van der Waals surface area contributed by atoms with Gasteiger partial charge in [0.05, 0.1) is 12.2 Å². The SMILES string of the molecule is CCOC(=O)[C@]1(F)C(=O)c2ccc(C(C)(C)C)cc2O[C@@H]1c1ccc(C)cc1. The maximum absolute atomic E-state index is 16.1. The Labute approximate surface area is 164 Å². The summed E-state index contributed by atoms with van der Waals surface area (Å²) in [6.07, 6.45) is -1.41. The summed E-state index contributed by atoms with van der Waals surface area (Å²) in [5.74, 6) is -1.88. The molecule has 5 heteroatoms. The van der Waals surface area contributed by atoms with Crippen LogP contribution in [0.1, 0.15) is 60.8 Å². The number of rotatable bonds is 3. The van der Waals surface area contributed by atoms with E-state index >= 15 is 4.39 Å². The van der Waals surface area contributed by atoms with Crippen molar-refractivity contribution >= 4 is 11.8 Å². The lowest BCUT2D eigenvalue weighted by Crippen LogP contribution is -2.53. The summed E-state index contributed by atoms with van der Waals surface area (Å²) in [4.78, 5) is 25.6. The first-order chi connectivity index (χ1) is 13.1. The molecular weight excluding hydrogens is 359 g/mol. The molecule has 0 saturated heterocycles. The number of fused-ring (bicyclic) bond motifs is 1. The Morgan fingerprint density at radius 1 is 1.18 bits per heavy atom. The summed E-state index contributed by atoms with van der Waals surface area (Å²) in [6.45, 7) is 9.54. The van der Waals surface area contributed by atoms with E-state index in [1.807, 2.05) is 27.7 Å². The molecule has 0 saturated carbocycles. The number of ketones is 1. The van der Waals surface area contributed by atoms with Crippen LogP contribution in [0, 0.1) is 6.92 Å². The third kappa shape index (κ3) is 3.30. The molecule has 148 valence electrons. The highest BCUT2D eigenvalue weighted by atomic mass is 19.1. The van der Waals surface area contributed by atoms with Crippen LogP contribution in [0.3, 0.4) is 0 Å². The van der Waals surface area contributed by atoms with Crippen LogP contribution in [0.25, 0.3) is 0 Å². The van der Waals surface area contributed by atoms with Crippen LogP contribution in [0.2, 0.25) is 0 Å². The van der Waals surface area contributed by atoms with Gasteiger partial charge in [0.2, 0.25) is 5.78 Å². The van der Waals surface area contributed by atoms with E-state index in [1.54, 1.807) is 43.3 Å². The van der Waals surface area contributed by atoms with Gasteiger partial charge in [0.25, 0.3) is 0 Å². The number of ether oxygens (including phenoxy) is 2. The van der Waals surface area contributed by atoms with Crippen molar-refractivity contribution in [3.05, 3.63) is 64.7 Å². The van der Waals surface area contributed by atoms with Crippen molar-refractivity contribution in [3.8, 4) is 5.75 Å². The average molecular weight is 384 g/mol. The third-order valence-electron chi connectivity index (χ3n) is 4.98. The van der Waals surface area contributed by atoms with E-state index in [0.29, 0.717) is 5.56 Å². The lowest BCUT2D eigenvalue weighted by molar-refractivity contribution is -0.160. The molecule has 0 aliphatic carbocycles. The standard InChI is InChI=1S/C23H25FO4/c1-6-27-21(26)23(24)19(25)17-12-11-16(22(3,4)5)13-18(17)28-20(23)15-9-7-14(2)8-10-15/h7-13,20H,6H2,1-5H3/t20-,23+/m1/s1. The zero-order valence-corrected chi connectivity index (χ0v) is 16.8. The molecule has 2 aromatic rings. The van der Waals surface area contributed by atoms with Gasteiger partial charge in [0, 0.05) is 0 Å². The number of carbonyl (C=O) groups is 2. The molecule has 0 N–H and O–H groups in total. The summed E-state index contributed by atoms with van der Waals surface area (Å²) in [7, 11) is 0. The van der Waals surface area contributed by atoms with Crippen LogP contribution in [0.4, 0.5) is 4.39 Å². The lowest BCUT2D eigenvalue weighted by Gasteiger charge is -2.36. The molecule has 4 nitrogen and oxygen atoms in total. The third-order valence-corrected chi connectivity index (χ3v) is 4.98. The Balaban J connectivity index is 2.17. The van der Waals surface area contributed by atoms with Gasteiger partial charge in [-0.25, -0.2) is 9.18 Å². The van der Waals surface area contributed by atoms with Gasteiger partial charge in [-0.15, -0.1) is 0 Å². The highest BCUT2D eigenvalue weighted by Gasteiger charge is 2.60. The zero-order valence-electron chi connectivity index (χ0n) is 16.8. The predicted octanol–water partition coefficient (Wildman–Crippen LogP) is 4.88. The minimum atomic E-state index is -2.94. The maximum Gasteiger partial charge on any atom is 0.356 e. The topological polar surface area (TPSA) is 52.6 Å². The normalized spacial score (nSPS) is 21.6. The van der Waals surface area contributed by atoms with Crippen molar-refractivity contribution in [1.82, 2.24) is 0 Å². The first kappa shape index (κ1) is 20.1. The molecule has 2 aromatic carbocycles. The van der Waals surface area contributed by atoms with Crippen LogP contribution in [0.5, 0.6) is 5.75 Å². The predicted molar refractivity (Wildman–Crippen MR) is 104 cm³/mol. The first-order valence-corrected chi connectivity index (χ1v) is 9.37. The molecule has 0 spiro atoms. The van der Waals surface area contributed by atoms with Gasteiger partial charge >= 0.3 is 11.6 Å². The van der Waals surface area contributed by atoms with Crippen molar-refractivity contribution in [2.45, 2.75) is 51.8 Å². The number of esters is 1. The van der Waals surface area contributed by atoms with Gasteiger partial charge in [-0.05, 0) is 42.5 Å². The van der Waals surface area contributed by atoms with Gasteiger partial charge in [-0.2, -0.15) is 0 Å². The fourth-order valence-electron chi connectivity index (χ4n) is 3.27. The fourth-order valence-corrected chi connectivity index (χ4v) is 3.27. The van der Waals surface area contributed by atoms with Gasteiger partial charge < -0.3 is 9.47 Å². The Morgan fingerprint density at radius 3 is 2.39 bits per heavy atom. The first-order valence-electron chi connectivity index (χ1n) is 9.37. The average Bonchev–Trinajstić information content (AvgIpc) is 2.64. The van der Waals surface area contributed by atoms with Crippen LogP contribution in [-0.4, -0.2) is 24.0 Å². The Kier molecular flexibility index (Phi) is 5.04.